The Labute approximate surface area is 158 Å². The number of oxazole rings is 1. The molecule has 5 nitrogen and oxygen atoms in total. The van der Waals surface area contributed by atoms with Gasteiger partial charge in [0, 0.05) is 21.7 Å². The van der Waals surface area contributed by atoms with Crippen molar-refractivity contribution in [3.63, 3.8) is 0 Å². The van der Waals surface area contributed by atoms with Gasteiger partial charge in [-0.3, -0.25) is 4.79 Å². The molecule has 0 fully saturated rings. The first-order chi connectivity index (χ1) is 12.7. The summed E-state index contributed by atoms with van der Waals surface area (Å²) in [5.41, 5.74) is 3.03. The number of nitrogens with zero attached hydrogens (tertiary/aromatic N) is 3. The molecule has 0 radical (unpaired) electrons. The molecule has 0 bridgehead atoms. The van der Waals surface area contributed by atoms with Crippen molar-refractivity contribution in [2.75, 3.05) is 0 Å². The minimum absolute atomic E-state index is 0.183. The molecule has 0 aliphatic rings. The van der Waals surface area contributed by atoms with Crippen molar-refractivity contribution >= 4 is 15.9 Å². The lowest BCUT2D eigenvalue weighted by atomic mass is 10.1. The number of rotatable bonds is 4. The van der Waals surface area contributed by atoms with Crippen LogP contribution in [0.2, 0.25) is 0 Å². The SMILES string of the molecule is O=c1ccc(-c2ccccc2)nn1Cc1coc(-c2ccc(Br)cc2)n1. The molecule has 2 heterocycles. The van der Waals surface area contributed by atoms with Gasteiger partial charge in [0.1, 0.15) is 12.0 Å². The molecule has 0 N–H and O–H groups in total. The molecule has 0 amide bonds. The summed E-state index contributed by atoms with van der Waals surface area (Å²) in [7, 11) is 0. The van der Waals surface area contributed by atoms with E-state index in [0.29, 0.717) is 11.6 Å². The van der Waals surface area contributed by atoms with Gasteiger partial charge in [0.15, 0.2) is 0 Å². The Kier molecular flexibility index (Phi) is 4.50. The third-order valence-electron chi connectivity index (χ3n) is 3.89. The van der Waals surface area contributed by atoms with Gasteiger partial charge in [-0.25, -0.2) is 9.67 Å². The molecule has 26 heavy (non-hydrogen) atoms. The predicted molar refractivity (Wildman–Crippen MR) is 103 cm³/mol. The van der Waals surface area contributed by atoms with Gasteiger partial charge in [-0.15, -0.1) is 0 Å². The van der Waals surface area contributed by atoms with Gasteiger partial charge in [0.2, 0.25) is 5.89 Å². The highest BCUT2D eigenvalue weighted by atomic mass is 79.9. The van der Waals surface area contributed by atoms with Gasteiger partial charge in [-0.05, 0) is 30.3 Å². The zero-order valence-electron chi connectivity index (χ0n) is 13.7. The highest BCUT2D eigenvalue weighted by Crippen LogP contribution is 2.21. The largest absolute Gasteiger partial charge is 0.444 e. The third-order valence-corrected chi connectivity index (χ3v) is 4.42. The fourth-order valence-electron chi connectivity index (χ4n) is 2.58. The molecule has 2 aromatic carbocycles. The summed E-state index contributed by atoms with van der Waals surface area (Å²) >= 11 is 3.40. The van der Waals surface area contributed by atoms with Crippen LogP contribution in [-0.4, -0.2) is 14.8 Å². The lowest BCUT2D eigenvalue weighted by Crippen LogP contribution is -2.23. The molecule has 6 heteroatoms. The Balaban J connectivity index is 1.62. The predicted octanol–water partition coefficient (Wildman–Crippen LogP) is 4.38. The lowest BCUT2D eigenvalue weighted by Gasteiger charge is -2.05. The van der Waals surface area contributed by atoms with Crippen molar-refractivity contribution in [3.05, 3.63) is 93.5 Å². The third kappa shape index (κ3) is 3.50. The van der Waals surface area contributed by atoms with Crippen molar-refractivity contribution in [3.8, 4) is 22.7 Å². The first-order valence-corrected chi connectivity index (χ1v) is 8.82. The molecule has 128 valence electrons. The van der Waals surface area contributed by atoms with Gasteiger partial charge < -0.3 is 4.42 Å². The van der Waals surface area contributed by atoms with E-state index >= 15 is 0 Å². The second kappa shape index (κ2) is 7.09. The molecular weight excluding hydrogens is 394 g/mol. The molecule has 0 spiro atoms. The first-order valence-electron chi connectivity index (χ1n) is 8.03. The number of halogens is 1. The average Bonchev–Trinajstić information content (AvgIpc) is 3.13. The van der Waals surface area contributed by atoms with Crippen molar-refractivity contribution in [1.29, 1.82) is 0 Å². The topological polar surface area (TPSA) is 60.9 Å². The van der Waals surface area contributed by atoms with E-state index in [-0.39, 0.29) is 12.1 Å². The maximum atomic E-state index is 12.2. The van der Waals surface area contributed by atoms with Crippen LogP contribution in [0, 0.1) is 0 Å². The van der Waals surface area contributed by atoms with Gasteiger partial charge in [0.05, 0.1) is 12.2 Å². The van der Waals surface area contributed by atoms with Crippen molar-refractivity contribution < 1.29 is 4.42 Å². The summed E-state index contributed by atoms with van der Waals surface area (Å²) in [5, 5.41) is 4.45. The summed E-state index contributed by atoms with van der Waals surface area (Å²) in [6, 6.07) is 20.7. The van der Waals surface area contributed by atoms with Crippen LogP contribution >= 0.6 is 15.9 Å². The minimum Gasteiger partial charge on any atom is -0.444 e. The van der Waals surface area contributed by atoms with E-state index in [9.17, 15) is 4.79 Å². The summed E-state index contributed by atoms with van der Waals surface area (Å²) in [6.45, 7) is 0.250. The van der Waals surface area contributed by atoms with Gasteiger partial charge in [0.25, 0.3) is 5.56 Å². The molecule has 0 unspecified atom stereocenters. The standard InChI is InChI=1S/C20H14BrN3O2/c21-16-8-6-15(7-9-16)20-22-17(13-26-20)12-24-19(25)11-10-18(23-24)14-4-2-1-3-5-14/h1-11,13H,12H2. The fraction of sp³-hybridized carbons (Fsp3) is 0.0500. The number of aromatic nitrogens is 3. The second-order valence-corrected chi connectivity index (χ2v) is 6.65. The molecule has 0 saturated carbocycles. The molecule has 4 aromatic rings. The van der Waals surface area contributed by atoms with Crippen molar-refractivity contribution in [2.24, 2.45) is 0 Å². The van der Waals surface area contributed by atoms with Crippen molar-refractivity contribution in [2.45, 2.75) is 6.54 Å². The zero-order valence-corrected chi connectivity index (χ0v) is 15.3. The van der Waals surface area contributed by atoms with E-state index in [1.807, 2.05) is 54.6 Å². The lowest BCUT2D eigenvalue weighted by molar-refractivity contribution is 0.567. The Bertz CT molecular complexity index is 1090. The van der Waals surface area contributed by atoms with Crippen LogP contribution in [-0.2, 0) is 6.54 Å². The van der Waals surface area contributed by atoms with Crippen LogP contribution in [0.25, 0.3) is 22.7 Å². The van der Waals surface area contributed by atoms with E-state index < -0.39 is 0 Å². The van der Waals surface area contributed by atoms with Crippen molar-refractivity contribution in [1.82, 2.24) is 14.8 Å². The Hall–Kier alpha value is -2.99. The van der Waals surface area contributed by atoms with Crippen LogP contribution in [0.1, 0.15) is 5.69 Å². The highest BCUT2D eigenvalue weighted by Gasteiger charge is 2.09. The summed E-state index contributed by atoms with van der Waals surface area (Å²) < 4.78 is 7.93. The van der Waals surface area contributed by atoms with Gasteiger partial charge in [-0.2, -0.15) is 5.10 Å². The molecule has 4 rings (SSSR count). The fourth-order valence-corrected chi connectivity index (χ4v) is 2.85. The Morgan fingerprint density at radius 3 is 2.46 bits per heavy atom. The van der Waals surface area contributed by atoms with E-state index in [0.717, 1.165) is 21.3 Å². The first kappa shape index (κ1) is 16.5. The summed E-state index contributed by atoms with van der Waals surface area (Å²) in [6.07, 6.45) is 1.56. The van der Waals surface area contributed by atoms with Crippen LogP contribution in [0.15, 0.2) is 86.7 Å². The van der Waals surface area contributed by atoms with E-state index in [2.05, 4.69) is 26.0 Å². The van der Waals surface area contributed by atoms with Crippen LogP contribution in [0.4, 0.5) is 0 Å². The van der Waals surface area contributed by atoms with Crippen LogP contribution < -0.4 is 5.56 Å². The van der Waals surface area contributed by atoms with Crippen LogP contribution in [0.3, 0.4) is 0 Å². The molecular formula is C20H14BrN3O2. The Morgan fingerprint density at radius 1 is 0.923 bits per heavy atom. The van der Waals surface area contributed by atoms with Gasteiger partial charge in [-0.1, -0.05) is 46.3 Å². The van der Waals surface area contributed by atoms with Crippen LogP contribution in [0.5, 0.6) is 0 Å². The molecule has 0 aliphatic heterocycles. The molecule has 2 aromatic heterocycles. The summed E-state index contributed by atoms with van der Waals surface area (Å²) in [4.78, 5) is 16.6. The molecule has 0 atom stereocenters. The molecule has 0 saturated heterocycles. The zero-order chi connectivity index (χ0) is 17.9. The smallest absolute Gasteiger partial charge is 0.267 e. The average molecular weight is 408 g/mol. The second-order valence-electron chi connectivity index (χ2n) is 5.73. The quantitative estimate of drug-likeness (QED) is 0.503. The highest BCUT2D eigenvalue weighted by molar-refractivity contribution is 9.10. The minimum atomic E-state index is -0.183. The maximum absolute atomic E-state index is 12.2. The maximum Gasteiger partial charge on any atom is 0.267 e. The van der Waals surface area contributed by atoms with Gasteiger partial charge >= 0.3 is 0 Å². The number of hydrogen-bond acceptors (Lipinski definition) is 4. The number of hydrogen-bond donors (Lipinski definition) is 0. The number of benzene rings is 2. The van der Waals surface area contributed by atoms with E-state index in [4.69, 9.17) is 4.42 Å². The molecule has 0 aliphatic carbocycles. The monoisotopic (exact) mass is 407 g/mol. The Morgan fingerprint density at radius 2 is 1.69 bits per heavy atom. The summed E-state index contributed by atoms with van der Waals surface area (Å²) in [5.74, 6) is 0.514. The van der Waals surface area contributed by atoms with E-state index in [1.54, 1.807) is 12.3 Å². The normalized spacial score (nSPS) is 10.8. The van der Waals surface area contributed by atoms with E-state index in [1.165, 1.54) is 10.7 Å².